The summed E-state index contributed by atoms with van der Waals surface area (Å²) in [5.41, 5.74) is 1.49. The van der Waals surface area contributed by atoms with Crippen molar-refractivity contribution in [3.8, 4) is 5.75 Å². The quantitative estimate of drug-likeness (QED) is 0.911. The minimum atomic E-state index is -0.561. The molecule has 80 valence electrons. The van der Waals surface area contributed by atoms with Crippen LogP contribution >= 0.6 is 15.9 Å². The van der Waals surface area contributed by atoms with E-state index < -0.39 is 6.10 Å². The SMILES string of the molecule is COc1ccc2occ(C(C)O)c2c1Br. The average Bonchev–Trinajstić information content (AvgIpc) is 2.63. The Morgan fingerprint density at radius 3 is 2.80 bits per heavy atom. The third-order valence-corrected chi connectivity index (χ3v) is 3.13. The summed E-state index contributed by atoms with van der Waals surface area (Å²) in [5.74, 6) is 0.728. The number of ether oxygens (including phenoxy) is 1. The Kier molecular flexibility index (Phi) is 2.71. The lowest BCUT2D eigenvalue weighted by atomic mass is 10.1. The predicted molar refractivity (Wildman–Crippen MR) is 61.1 cm³/mol. The van der Waals surface area contributed by atoms with Crippen LogP contribution in [0.2, 0.25) is 0 Å². The van der Waals surface area contributed by atoms with Crippen molar-refractivity contribution >= 4 is 26.9 Å². The first-order chi connectivity index (χ1) is 7.15. The van der Waals surface area contributed by atoms with Crippen LogP contribution in [0.15, 0.2) is 27.3 Å². The summed E-state index contributed by atoms with van der Waals surface area (Å²) in [6.07, 6.45) is 1.01. The first-order valence-corrected chi connectivity index (χ1v) is 5.36. The zero-order valence-corrected chi connectivity index (χ0v) is 10.0. The van der Waals surface area contributed by atoms with Gasteiger partial charge in [-0.3, -0.25) is 0 Å². The van der Waals surface area contributed by atoms with Gasteiger partial charge in [-0.15, -0.1) is 0 Å². The molecule has 0 aliphatic rings. The number of halogens is 1. The van der Waals surface area contributed by atoms with Gasteiger partial charge in [-0.05, 0) is 35.0 Å². The number of hydrogen-bond donors (Lipinski definition) is 1. The van der Waals surface area contributed by atoms with Crippen LogP contribution in [0.25, 0.3) is 11.0 Å². The van der Waals surface area contributed by atoms with Crippen LogP contribution < -0.4 is 4.74 Å². The molecule has 1 aromatic carbocycles. The van der Waals surface area contributed by atoms with Crippen molar-refractivity contribution < 1.29 is 14.3 Å². The van der Waals surface area contributed by atoms with E-state index in [0.29, 0.717) is 0 Å². The van der Waals surface area contributed by atoms with Crippen molar-refractivity contribution in [2.24, 2.45) is 0 Å². The lowest BCUT2D eigenvalue weighted by Gasteiger charge is -2.06. The number of furan rings is 1. The molecular formula is C11H11BrO3. The number of fused-ring (bicyclic) bond motifs is 1. The van der Waals surface area contributed by atoms with Gasteiger partial charge < -0.3 is 14.3 Å². The molecule has 0 saturated heterocycles. The molecule has 0 saturated carbocycles. The summed E-state index contributed by atoms with van der Waals surface area (Å²) in [6.45, 7) is 1.70. The van der Waals surface area contributed by atoms with Crippen LogP contribution in [-0.4, -0.2) is 12.2 Å². The fourth-order valence-electron chi connectivity index (χ4n) is 1.56. The van der Waals surface area contributed by atoms with Gasteiger partial charge in [0.25, 0.3) is 0 Å². The van der Waals surface area contributed by atoms with Crippen molar-refractivity contribution in [3.63, 3.8) is 0 Å². The van der Waals surface area contributed by atoms with Crippen LogP contribution in [0.3, 0.4) is 0 Å². The predicted octanol–water partition coefficient (Wildman–Crippen LogP) is 3.26. The van der Waals surface area contributed by atoms with Crippen LogP contribution in [0.4, 0.5) is 0 Å². The molecule has 1 aromatic heterocycles. The van der Waals surface area contributed by atoms with E-state index in [1.165, 1.54) is 0 Å². The van der Waals surface area contributed by atoms with Gasteiger partial charge in [-0.2, -0.15) is 0 Å². The zero-order chi connectivity index (χ0) is 11.0. The lowest BCUT2D eigenvalue weighted by Crippen LogP contribution is -1.90. The summed E-state index contributed by atoms with van der Waals surface area (Å²) in [7, 11) is 1.61. The first-order valence-electron chi connectivity index (χ1n) is 4.56. The second-order valence-electron chi connectivity index (χ2n) is 3.32. The Balaban J connectivity index is 2.76. The van der Waals surface area contributed by atoms with Crippen molar-refractivity contribution in [2.45, 2.75) is 13.0 Å². The highest BCUT2D eigenvalue weighted by Crippen LogP contribution is 2.38. The van der Waals surface area contributed by atoms with Crippen LogP contribution in [-0.2, 0) is 0 Å². The average molecular weight is 271 g/mol. The van der Waals surface area contributed by atoms with Gasteiger partial charge in [0.15, 0.2) is 0 Å². The van der Waals surface area contributed by atoms with Gasteiger partial charge in [0, 0.05) is 10.9 Å². The van der Waals surface area contributed by atoms with Gasteiger partial charge in [0.1, 0.15) is 11.3 Å². The summed E-state index contributed by atoms with van der Waals surface area (Å²) in [5, 5.41) is 10.4. The van der Waals surface area contributed by atoms with E-state index in [2.05, 4.69) is 15.9 Å². The van der Waals surface area contributed by atoms with Crippen molar-refractivity contribution in [2.75, 3.05) is 7.11 Å². The summed E-state index contributed by atoms with van der Waals surface area (Å²) in [4.78, 5) is 0. The molecule has 15 heavy (non-hydrogen) atoms. The van der Waals surface area contributed by atoms with E-state index in [9.17, 15) is 5.11 Å². The molecule has 1 unspecified atom stereocenters. The Bertz CT molecular complexity index is 488. The third-order valence-electron chi connectivity index (χ3n) is 2.34. The second kappa shape index (κ2) is 3.87. The molecule has 4 heteroatoms. The number of rotatable bonds is 2. The van der Waals surface area contributed by atoms with E-state index in [0.717, 1.165) is 26.8 Å². The van der Waals surface area contributed by atoms with Gasteiger partial charge in [-0.25, -0.2) is 0 Å². The maximum atomic E-state index is 9.58. The number of benzene rings is 1. The lowest BCUT2D eigenvalue weighted by molar-refractivity contribution is 0.199. The Labute approximate surface area is 95.8 Å². The van der Waals surface area contributed by atoms with Crippen molar-refractivity contribution in [1.82, 2.24) is 0 Å². The molecule has 0 aliphatic heterocycles. The molecule has 0 spiro atoms. The van der Waals surface area contributed by atoms with Crippen LogP contribution in [0.5, 0.6) is 5.75 Å². The van der Waals surface area contributed by atoms with Gasteiger partial charge in [0.05, 0.1) is 23.9 Å². The summed E-state index contributed by atoms with van der Waals surface area (Å²) < 4.78 is 11.3. The van der Waals surface area contributed by atoms with Gasteiger partial charge in [-0.1, -0.05) is 0 Å². The van der Waals surface area contributed by atoms with E-state index in [-0.39, 0.29) is 0 Å². The van der Waals surface area contributed by atoms with Gasteiger partial charge >= 0.3 is 0 Å². The van der Waals surface area contributed by atoms with Crippen LogP contribution in [0.1, 0.15) is 18.6 Å². The molecule has 1 N–H and O–H groups in total. The van der Waals surface area contributed by atoms with E-state index in [1.807, 2.05) is 12.1 Å². The zero-order valence-electron chi connectivity index (χ0n) is 8.45. The highest BCUT2D eigenvalue weighted by Gasteiger charge is 2.15. The highest BCUT2D eigenvalue weighted by atomic mass is 79.9. The number of aliphatic hydroxyl groups is 1. The maximum Gasteiger partial charge on any atom is 0.135 e. The highest BCUT2D eigenvalue weighted by molar-refractivity contribution is 9.10. The first kappa shape index (κ1) is 10.5. The molecule has 1 heterocycles. The number of aliphatic hydroxyl groups excluding tert-OH is 1. The Morgan fingerprint density at radius 1 is 1.47 bits per heavy atom. The monoisotopic (exact) mass is 270 g/mol. The summed E-state index contributed by atoms with van der Waals surface area (Å²) >= 11 is 3.44. The Morgan fingerprint density at radius 2 is 2.20 bits per heavy atom. The maximum absolute atomic E-state index is 9.58. The van der Waals surface area contributed by atoms with Crippen molar-refractivity contribution in [1.29, 1.82) is 0 Å². The molecule has 2 rings (SSSR count). The van der Waals surface area contributed by atoms with E-state index in [1.54, 1.807) is 20.3 Å². The fraction of sp³-hybridized carbons (Fsp3) is 0.273. The molecule has 0 radical (unpaired) electrons. The molecule has 0 fully saturated rings. The molecule has 1 atom stereocenters. The van der Waals surface area contributed by atoms with Crippen molar-refractivity contribution in [3.05, 3.63) is 28.4 Å². The molecule has 0 aliphatic carbocycles. The molecule has 0 bridgehead atoms. The number of methoxy groups -OCH3 is 1. The minimum absolute atomic E-state index is 0.561. The van der Waals surface area contributed by atoms with E-state index >= 15 is 0 Å². The normalized spacial score (nSPS) is 13.1. The number of hydrogen-bond acceptors (Lipinski definition) is 3. The van der Waals surface area contributed by atoms with Gasteiger partial charge in [0.2, 0.25) is 0 Å². The topological polar surface area (TPSA) is 42.6 Å². The Hall–Kier alpha value is -1.00. The third kappa shape index (κ3) is 1.64. The largest absolute Gasteiger partial charge is 0.496 e. The standard InChI is InChI=1S/C11H11BrO3/c1-6(13)7-5-15-8-3-4-9(14-2)11(12)10(7)8/h3-6,13H,1-2H3. The minimum Gasteiger partial charge on any atom is -0.496 e. The van der Waals surface area contributed by atoms with Crippen LogP contribution in [0, 0.1) is 0 Å². The second-order valence-corrected chi connectivity index (χ2v) is 4.11. The fourth-order valence-corrected chi connectivity index (χ4v) is 2.28. The molecule has 2 aromatic rings. The molecular weight excluding hydrogens is 260 g/mol. The summed E-state index contributed by atoms with van der Waals surface area (Å²) in [6, 6.07) is 3.65. The van der Waals surface area contributed by atoms with E-state index in [4.69, 9.17) is 9.15 Å². The smallest absolute Gasteiger partial charge is 0.135 e. The molecule has 0 amide bonds. The molecule has 3 nitrogen and oxygen atoms in total.